The second-order valence-electron chi connectivity index (χ2n) is 4.83. The highest BCUT2D eigenvalue weighted by Crippen LogP contribution is 2.23. The summed E-state index contributed by atoms with van der Waals surface area (Å²) in [5, 5.41) is 3.33. The Labute approximate surface area is 163 Å². The van der Waals surface area contributed by atoms with Crippen molar-refractivity contribution in [3.63, 3.8) is 0 Å². The molecule has 1 aromatic heterocycles. The first-order valence-electron chi connectivity index (χ1n) is 7.54. The molecule has 2 heterocycles. The van der Waals surface area contributed by atoms with Crippen molar-refractivity contribution in [1.82, 2.24) is 20.2 Å². The van der Waals surface area contributed by atoms with Gasteiger partial charge in [0.2, 0.25) is 11.8 Å². The minimum atomic E-state index is 0. The largest absolute Gasteiger partial charge is 0.480 e. The van der Waals surface area contributed by atoms with Crippen LogP contribution in [0.1, 0.15) is 13.8 Å². The summed E-state index contributed by atoms with van der Waals surface area (Å²) in [5.74, 6) is 2.25. The van der Waals surface area contributed by atoms with E-state index < -0.39 is 0 Å². The number of anilines is 1. The molecule has 1 aliphatic rings. The van der Waals surface area contributed by atoms with E-state index in [0.29, 0.717) is 11.8 Å². The molecule has 1 saturated heterocycles. The molecular formula is C14H24BrIN6O. The molecular weight excluding hydrogens is 475 g/mol. The van der Waals surface area contributed by atoms with Crippen molar-refractivity contribution >= 4 is 51.8 Å². The fraction of sp³-hybridized carbons (Fsp3) is 0.643. The van der Waals surface area contributed by atoms with E-state index in [1.54, 1.807) is 13.3 Å². The molecule has 0 spiro atoms. The first kappa shape index (κ1) is 20.2. The van der Waals surface area contributed by atoms with Crippen LogP contribution in [0.2, 0.25) is 0 Å². The van der Waals surface area contributed by atoms with Gasteiger partial charge in [0, 0.05) is 39.3 Å². The first-order chi connectivity index (χ1) is 10.7. The molecule has 9 heteroatoms. The second kappa shape index (κ2) is 10.1. The van der Waals surface area contributed by atoms with Crippen molar-refractivity contribution in [2.45, 2.75) is 13.8 Å². The van der Waals surface area contributed by atoms with Crippen LogP contribution in [0.25, 0.3) is 0 Å². The van der Waals surface area contributed by atoms with Gasteiger partial charge in [-0.05, 0) is 29.8 Å². The maximum absolute atomic E-state index is 5.24. The van der Waals surface area contributed by atoms with Crippen LogP contribution in [0.3, 0.4) is 0 Å². The monoisotopic (exact) mass is 498 g/mol. The quantitative estimate of drug-likeness (QED) is 0.389. The molecule has 0 atom stereocenters. The van der Waals surface area contributed by atoms with E-state index in [1.807, 2.05) is 0 Å². The minimum Gasteiger partial charge on any atom is -0.480 e. The van der Waals surface area contributed by atoms with E-state index in [9.17, 15) is 0 Å². The maximum atomic E-state index is 5.24. The number of hydrogen-bond donors (Lipinski definition) is 1. The van der Waals surface area contributed by atoms with Crippen LogP contribution < -0.4 is 15.0 Å². The Bertz CT molecular complexity index is 522. The summed E-state index contributed by atoms with van der Waals surface area (Å²) in [6.45, 7) is 9.32. The van der Waals surface area contributed by atoms with Crippen LogP contribution in [0.4, 0.5) is 5.95 Å². The van der Waals surface area contributed by atoms with Crippen LogP contribution in [0.15, 0.2) is 15.7 Å². The van der Waals surface area contributed by atoms with Gasteiger partial charge in [-0.3, -0.25) is 4.99 Å². The molecule has 1 aromatic rings. The Balaban J connectivity index is 0.00000264. The van der Waals surface area contributed by atoms with Crippen molar-refractivity contribution in [2.75, 3.05) is 51.3 Å². The van der Waals surface area contributed by atoms with E-state index in [-0.39, 0.29) is 24.0 Å². The van der Waals surface area contributed by atoms with Crippen molar-refractivity contribution in [2.24, 2.45) is 4.99 Å². The molecule has 23 heavy (non-hydrogen) atoms. The summed E-state index contributed by atoms with van der Waals surface area (Å²) in [4.78, 5) is 17.8. The number of rotatable bonds is 4. The fourth-order valence-electron chi connectivity index (χ4n) is 2.33. The van der Waals surface area contributed by atoms with Crippen molar-refractivity contribution < 1.29 is 4.74 Å². The standard InChI is InChI=1S/C14H23BrN6O.HI/c1-4-16-13(17-5-2)20-6-8-21(9-7-20)14-18-10-11(15)12(19-14)22-3;/h10H,4-9H2,1-3H3,(H,16,17);1H. The zero-order valence-electron chi connectivity index (χ0n) is 13.8. The number of aromatic nitrogens is 2. The smallest absolute Gasteiger partial charge is 0.232 e. The lowest BCUT2D eigenvalue weighted by Gasteiger charge is -2.36. The van der Waals surface area contributed by atoms with Gasteiger partial charge in [-0.1, -0.05) is 0 Å². The van der Waals surface area contributed by atoms with Gasteiger partial charge in [0.25, 0.3) is 0 Å². The number of methoxy groups -OCH3 is 1. The van der Waals surface area contributed by atoms with Gasteiger partial charge in [0.1, 0.15) is 0 Å². The number of halogens is 2. The predicted octanol–water partition coefficient (Wildman–Crippen LogP) is 1.97. The number of guanidine groups is 1. The van der Waals surface area contributed by atoms with Crippen molar-refractivity contribution in [1.29, 1.82) is 0 Å². The first-order valence-corrected chi connectivity index (χ1v) is 8.33. The molecule has 0 unspecified atom stereocenters. The van der Waals surface area contributed by atoms with Crippen LogP contribution in [-0.2, 0) is 0 Å². The van der Waals surface area contributed by atoms with Crippen LogP contribution in [0.5, 0.6) is 5.88 Å². The zero-order valence-corrected chi connectivity index (χ0v) is 17.7. The Morgan fingerprint density at radius 1 is 1.35 bits per heavy atom. The minimum absolute atomic E-state index is 0. The summed E-state index contributed by atoms with van der Waals surface area (Å²) in [5.41, 5.74) is 0. The molecule has 0 amide bonds. The number of aliphatic imine (C=N–C) groups is 1. The molecule has 0 saturated carbocycles. The lowest BCUT2D eigenvalue weighted by Crippen LogP contribution is -2.53. The average Bonchev–Trinajstić information content (AvgIpc) is 2.55. The van der Waals surface area contributed by atoms with Gasteiger partial charge in [-0.2, -0.15) is 4.98 Å². The number of nitrogens with zero attached hydrogens (tertiary/aromatic N) is 5. The highest BCUT2D eigenvalue weighted by molar-refractivity contribution is 14.0. The molecule has 7 nitrogen and oxygen atoms in total. The molecule has 0 aromatic carbocycles. The van der Waals surface area contributed by atoms with E-state index in [2.05, 4.69) is 59.9 Å². The summed E-state index contributed by atoms with van der Waals surface area (Å²) in [6.07, 6.45) is 1.73. The topological polar surface area (TPSA) is 65.9 Å². The van der Waals surface area contributed by atoms with Gasteiger partial charge >= 0.3 is 0 Å². The van der Waals surface area contributed by atoms with Gasteiger partial charge in [0.05, 0.1) is 17.8 Å². The summed E-state index contributed by atoms with van der Waals surface area (Å²) < 4.78 is 6.00. The molecule has 1 aliphatic heterocycles. The normalized spacial score (nSPS) is 15.2. The highest BCUT2D eigenvalue weighted by Gasteiger charge is 2.21. The Morgan fingerprint density at radius 2 is 2.04 bits per heavy atom. The SMILES string of the molecule is CCN=C(NCC)N1CCN(c2ncc(Br)c(OC)n2)CC1.I. The second-order valence-corrected chi connectivity index (χ2v) is 5.68. The van der Waals surface area contributed by atoms with E-state index in [4.69, 9.17) is 4.74 Å². The molecule has 0 aliphatic carbocycles. The van der Waals surface area contributed by atoms with Crippen molar-refractivity contribution in [3.05, 3.63) is 10.7 Å². The Hall–Kier alpha value is -0.840. The van der Waals surface area contributed by atoms with Crippen molar-refractivity contribution in [3.8, 4) is 5.88 Å². The van der Waals surface area contributed by atoms with Crippen LogP contribution in [0, 0.1) is 0 Å². The summed E-state index contributed by atoms with van der Waals surface area (Å²) in [6, 6.07) is 0. The summed E-state index contributed by atoms with van der Waals surface area (Å²) >= 11 is 3.38. The molecule has 0 radical (unpaired) electrons. The number of hydrogen-bond acceptors (Lipinski definition) is 5. The van der Waals surface area contributed by atoms with E-state index >= 15 is 0 Å². The number of piperazine rings is 1. The van der Waals surface area contributed by atoms with Crippen LogP contribution >= 0.6 is 39.9 Å². The molecule has 130 valence electrons. The third kappa shape index (κ3) is 5.33. The lowest BCUT2D eigenvalue weighted by molar-refractivity contribution is 0.366. The van der Waals surface area contributed by atoms with E-state index in [1.165, 1.54) is 0 Å². The van der Waals surface area contributed by atoms with Gasteiger partial charge in [-0.15, -0.1) is 24.0 Å². The van der Waals surface area contributed by atoms with E-state index in [0.717, 1.165) is 49.7 Å². The fourth-order valence-corrected chi connectivity index (χ4v) is 2.68. The molecule has 0 bridgehead atoms. The van der Waals surface area contributed by atoms with Crippen LogP contribution in [-0.4, -0.2) is 67.2 Å². The Morgan fingerprint density at radius 3 is 2.61 bits per heavy atom. The zero-order chi connectivity index (χ0) is 15.9. The maximum Gasteiger partial charge on any atom is 0.232 e. The van der Waals surface area contributed by atoms with Gasteiger partial charge in [-0.25, -0.2) is 4.98 Å². The molecule has 1 fully saturated rings. The highest BCUT2D eigenvalue weighted by atomic mass is 127. The van der Waals surface area contributed by atoms with Gasteiger partial charge in [0.15, 0.2) is 5.96 Å². The average molecular weight is 499 g/mol. The third-order valence-electron chi connectivity index (χ3n) is 3.40. The predicted molar refractivity (Wildman–Crippen MR) is 107 cm³/mol. The number of nitrogens with one attached hydrogen (secondary N) is 1. The Kier molecular flexibility index (Phi) is 8.88. The van der Waals surface area contributed by atoms with Gasteiger partial charge < -0.3 is 19.9 Å². The lowest BCUT2D eigenvalue weighted by atomic mass is 10.3. The third-order valence-corrected chi connectivity index (χ3v) is 3.94. The summed E-state index contributed by atoms with van der Waals surface area (Å²) in [7, 11) is 1.61. The molecule has 1 N–H and O–H groups in total. The molecule has 2 rings (SSSR count). The number of ether oxygens (including phenoxy) is 1.